The van der Waals surface area contributed by atoms with Gasteiger partial charge in [0.2, 0.25) is 0 Å². The van der Waals surface area contributed by atoms with Crippen LogP contribution in [0.1, 0.15) is 20.8 Å². The fraction of sp³-hybridized carbons (Fsp3) is 0.600. The van der Waals surface area contributed by atoms with E-state index in [9.17, 15) is 9.59 Å². The molecule has 0 heterocycles. The number of hydrogen-bond donors (Lipinski definition) is 2. The predicted molar refractivity (Wildman–Crippen MR) is 55.7 cm³/mol. The van der Waals surface area contributed by atoms with Gasteiger partial charge in [-0.15, -0.1) is 0 Å². The Morgan fingerprint density at radius 2 is 1.71 bits per heavy atom. The molecular formula is C10H18N2O2. The zero-order valence-electron chi connectivity index (χ0n) is 9.02. The molecule has 0 radical (unpaired) electrons. The maximum Gasteiger partial charge on any atom is 0.309 e. The van der Waals surface area contributed by atoms with Gasteiger partial charge in [0.15, 0.2) is 0 Å². The quantitative estimate of drug-likeness (QED) is 0.509. The summed E-state index contributed by atoms with van der Waals surface area (Å²) in [5.74, 6) is -0.846. The lowest BCUT2D eigenvalue weighted by molar-refractivity contribution is -0.139. The lowest BCUT2D eigenvalue weighted by Gasteiger charge is -2.07. The molecule has 80 valence electrons. The van der Waals surface area contributed by atoms with Crippen LogP contribution in [0.15, 0.2) is 12.2 Å². The Bertz CT molecular complexity index is 234. The molecule has 0 aliphatic heterocycles. The molecule has 2 N–H and O–H groups in total. The largest absolute Gasteiger partial charge is 0.348 e. The first-order chi connectivity index (χ1) is 6.43. The second-order valence-corrected chi connectivity index (χ2v) is 3.74. The average Bonchev–Trinajstić information content (AvgIpc) is 2.09. The number of rotatable bonds is 4. The van der Waals surface area contributed by atoms with Gasteiger partial charge in [0, 0.05) is 13.1 Å². The van der Waals surface area contributed by atoms with E-state index in [4.69, 9.17) is 0 Å². The molecule has 0 aliphatic carbocycles. The highest BCUT2D eigenvalue weighted by Crippen LogP contribution is 1.87. The minimum absolute atomic E-state index is 0.341. The Hall–Kier alpha value is -1.32. The molecule has 4 heteroatoms. The first kappa shape index (κ1) is 12.7. The molecule has 0 aliphatic rings. The van der Waals surface area contributed by atoms with Crippen LogP contribution in [0.5, 0.6) is 0 Å². The SMILES string of the molecule is C=C(C)CNC(=O)C(=O)NCC(C)C. The van der Waals surface area contributed by atoms with Crippen LogP contribution in [0.2, 0.25) is 0 Å². The highest BCUT2D eigenvalue weighted by atomic mass is 16.2. The molecular weight excluding hydrogens is 180 g/mol. The smallest absolute Gasteiger partial charge is 0.309 e. The maximum absolute atomic E-state index is 11.1. The number of carbonyl (C=O) groups is 2. The van der Waals surface area contributed by atoms with Crippen LogP contribution >= 0.6 is 0 Å². The van der Waals surface area contributed by atoms with Crippen molar-refractivity contribution in [2.24, 2.45) is 5.92 Å². The van der Waals surface area contributed by atoms with E-state index < -0.39 is 11.8 Å². The molecule has 4 nitrogen and oxygen atoms in total. The van der Waals surface area contributed by atoms with E-state index in [1.807, 2.05) is 13.8 Å². The van der Waals surface area contributed by atoms with E-state index in [0.29, 0.717) is 19.0 Å². The van der Waals surface area contributed by atoms with Gasteiger partial charge >= 0.3 is 11.8 Å². The summed E-state index contributed by atoms with van der Waals surface area (Å²) in [6.45, 7) is 10.2. The van der Waals surface area contributed by atoms with E-state index in [2.05, 4.69) is 17.2 Å². The van der Waals surface area contributed by atoms with Gasteiger partial charge in [-0.2, -0.15) is 0 Å². The van der Waals surface area contributed by atoms with E-state index >= 15 is 0 Å². The summed E-state index contributed by atoms with van der Waals surface area (Å²) in [4.78, 5) is 22.2. The van der Waals surface area contributed by atoms with Crippen molar-refractivity contribution in [3.63, 3.8) is 0 Å². The molecule has 2 amide bonds. The molecule has 0 saturated carbocycles. The molecule has 0 spiro atoms. The lowest BCUT2D eigenvalue weighted by atomic mass is 10.2. The van der Waals surface area contributed by atoms with E-state index in [0.717, 1.165) is 5.57 Å². The van der Waals surface area contributed by atoms with Crippen LogP contribution < -0.4 is 10.6 Å². The topological polar surface area (TPSA) is 58.2 Å². The lowest BCUT2D eigenvalue weighted by Crippen LogP contribution is -2.41. The molecule has 0 rings (SSSR count). The monoisotopic (exact) mass is 198 g/mol. The van der Waals surface area contributed by atoms with Gasteiger partial charge in [-0.25, -0.2) is 0 Å². The molecule has 0 atom stereocenters. The van der Waals surface area contributed by atoms with Crippen LogP contribution in [-0.4, -0.2) is 24.9 Å². The zero-order valence-corrected chi connectivity index (χ0v) is 9.02. The van der Waals surface area contributed by atoms with Crippen LogP contribution in [0.25, 0.3) is 0 Å². The summed E-state index contributed by atoms with van der Waals surface area (Å²) < 4.78 is 0. The van der Waals surface area contributed by atoms with Crippen molar-refractivity contribution in [3.8, 4) is 0 Å². The minimum atomic E-state index is -0.603. The van der Waals surface area contributed by atoms with Crippen molar-refractivity contribution in [1.82, 2.24) is 10.6 Å². The van der Waals surface area contributed by atoms with Crippen molar-refractivity contribution in [2.75, 3.05) is 13.1 Å². The Morgan fingerprint density at radius 3 is 2.14 bits per heavy atom. The Morgan fingerprint density at radius 1 is 1.21 bits per heavy atom. The Kier molecular flexibility index (Phi) is 5.60. The van der Waals surface area contributed by atoms with Crippen molar-refractivity contribution >= 4 is 11.8 Å². The molecule has 0 fully saturated rings. The fourth-order valence-corrected chi connectivity index (χ4v) is 0.689. The van der Waals surface area contributed by atoms with Crippen molar-refractivity contribution < 1.29 is 9.59 Å². The number of carbonyl (C=O) groups excluding carboxylic acids is 2. The second-order valence-electron chi connectivity index (χ2n) is 3.74. The molecule has 0 aromatic heterocycles. The normalized spacial score (nSPS) is 9.71. The van der Waals surface area contributed by atoms with E-state index in [1.165, 1.54) is 0 Å². The van der Waals surface area contributed by atoms with Crippen LogP contribution in [0, 0.1) is 5.92 Å². The van der Waals surface area contributed by atoms with E-state index in [-0.39, 0.29) is 0 Å². The summed E-state index contributed by atoms with van der Waals surface area (Å²) in [7, 11) is 0. The van der Waals surface area contributed by atoms with Crippen molar-refractivity contribution in [2.45, 2.75) is 20.8 Å². The summed E-state index contributed by atoms with van der Waals surface area (Å²) >= 11 is 0. The molecule has 0 aromatic rings. The first-order valence-corrected chi connectivity index (χ1v) is 4.64. The van der Waals surface area contributed by atoms with Crippen molar-refractivity contribution in [3.05, 3.63) is 12.2 Å². The van der Waals surface area contributed by atoms with Gasteiger partial charge in [0.25, 0.3) is 0 Å². The maximum atomic E-state index is 11.1. The molecule has 0 unspecified atom stereocenters. The zero-order chi connectivity index (χ0) is 11.1. The minimum Gasteiger partial charge on any atom is -0.348 e. The summed E-state index contributed by atoms with van der Waals surface area (Å²) in [5.41, 5.74) is 0.815. The Labute approximate surface area is 84.8 Å². The van der Waals surface area contributed by atoms with E-state index in [1.54, 1.807) is 6.92 Å². The summed E-state index contributed by atoms with van der Waals surface area (Å²) in [6.07, 6.45) is 0. The highest BCUT2D eigenvalue weighted by Gasteiger charge is 2.11. The molecule has 0 saturated heterocycles. The number of nitrogens with one attached hydrogen (secondary N) is 2. The molecule has 14 heavy (non-hydrogen) atoms. The van der Waals surface area contributed by atoms with Gasteiger partial charge in [0.1, 0.15) is 0 Å². The van der Waals surface area contributed by atoms with Gasteiger partial charge in [-0.05, 0) is 12.8 Å². The summed E-state index contributed by atoms with van der Waals surface area (Å²) in [5, 5.41) is 4.98. The number of hydrogen-bond acceptors (Lipinski definition) is 2. The van der Waals surface area contributed by atoms with Crippen LogP contribution in [-0.2, 0) is 9.59 Å². The summed E-state index contributed by atoms with van der Waals surface area (Å²) in [6, 6.07) is 0. The van der Waals surface area contributed by atoms with Gasteiger partial charge in [-0.3, -0.25) is 9.59 Å². The van der Waals surface area contributed by atoms with Crippen molar-refractivity contribution in [1.29, 1.82) is 0 Å². The predicted octanol–water partition coefficient (Wildman–Crippen LogP) is 0.451. The first-order valence-electron chi connectivity index (χ1n) is 4.64. The van der Waals surface area contributed by atoms with Gasteiger partial charge < -0.3 is 10.6 Å². The number of amides is 2. The average molecular weight is 198 g/mol. The Balaban J connectivity index is 3.77. The third kappa shape index (κ3) is 6.22. The van der Waals surface area contributed by atoms with Gasteiger partial charge in [-0.1, -0.05) is 26.0 Å². The fourth-order valence-electron chi connectivity index (χ4n) is 0.689. The third-order valence-corrected chi connectivity index (χ3v) is 1.43. The van der Waals surface area contributed by atoms with Crippen LogP contribution in [0.4, 0.5) is 0 Å². The highest BCUT2D eigenvalue weighted by molar-refractivity contribution is 6.35. The van der Waals surface area contributed by atoms with Gasteiger partial charge in [0.05, 0.1) is 0 Å². The van der Waals surface area contributed by atoms with Crippen LogP contribution in [0.3, 0.4) is 0 Å². The third-order valence-electron chi connectivity index (χ3n) is 1.43. The molecule has 0 aromatic carbocycles. The molecule has 0 bridgehead atoms. The second kappa shape index (κ2) is 6.18. The standard InChI is InChI=1S/C10H18N2O2/c1-7(2)5-11-9(13)10(14)12-6-8(3)4/h8H,1,5-6H2,2-4H3,(H,11,13)(H,12,14).